The number of pyridine rings is 1. The van der Waals surface area contributed by atoms with Gasteiger partial charge in [0.05, 0.1) is 12.1 Å². The lowest BCUT2D eigenvalue weighted by atomic mass is 10.1. The van der Waals surface area contributed by atoms with Crippen LogP contribution in [0.3, 0.4) is 0 Å². The summed E-state index contributed by atoms with van der Waals surface area (Å²) in [4.78, 5) is 3.15. The summed E-state index contributed by atoms with van der Waals surface area (Å²) in [5.74, 6) is -2.23. The average Bonchev–Trinajstić information content (AvgIpc) is 2.08. The molecule has 0 aliphatic heterocycles. The third kappa shape index (κ3) is 2.19. The van der Waals surface area contributed by atoms with Gasteiger partial charge in [-0.15, -0.1) is 0 Å². The first-order valence-corrected chi connectivity index (χ1v) is 3.77. The van der Waals surface area contributed by atoms with Crippen LogP contribution in [0, 0.1) is 11.8 Å². The first-order valence-electron chi connectivity index (χ1n) is 3.77. The molecule has 0 bridgehead atoms. The van der Waals surface area contributed by atoms with Gasteiger partial charge in [0, 0.05) is 6.20 Å². The summed E-state index contributed by atoms with van der Waals surface area (Å²) in [7, 11) is 0. The van der Waals surface area contributed by atoms with E-state index in [1.54, 1.807) is 0 Å². The van der Waals surface area contributed by atoms with E-state index in [1.807, 2.05) is 0 Å². The highest BCUT2D eigenvalue weighted by molar-refractivity contribution is 5.16. The molecule has 3 N–H and O–H groups in total. The Morgan fingerprint density at radius 3 is 2.62 bits per heavy atom. The molecule has 0 fully saturated rings. The van der Waals surface area contributed by atoms with Crippen molar-refractivity contribution in [1.82, 2.24) is 4.98 Å². The lowest BCUT2D eigenvalue weighted by molar-refractivity contribution is 0.164. The Morgan fingerprint density at radius 1 is 1.54 bits per heavy atom. The smallest absolute Gasteiger partial charge is 0.248 e. The van der Waals surface area contributed by atoms with Crippen LogP contribution in [-0.4, -0.2) is 16.2 Å². The lowest BCUT2D eigenvalue weighted by Gasteiger charge is -2.14. The van der Waals surface area contributed by atoms with Gasteiger partial charge in [-0.1, -0.05) is 0 Å². The van der Waals surface area contributed by atoms with Crippen LogP contribution in [0.4, 0.5) is 8.78 Å². The van der Waals surface area contributed by atoms with E-state index in [0.29, 0.717) is 0 Å². The zero-order valence-corrected chi connectivity index (χ0v) is 7.04. The molecule has 0 aliphatic rings. The molecule has 0 aliphatic carbocycles. The summed E-state index contributed by atoms with van der Waals surface area (Å²) >= 11 is 0. The number of hydrogen-bond acceptors (Lipinski definition) is 3. The average molecular weight is 188 g/mol. The molecule has 0 amide bonds. The number of aliphatic hydroxyl groups is 1. The van der Waals surface area contributed by atoms with Crippen molar-refractivity contribution in [3.05, 3.63) is 29.6 Å². The maximum Gasteiger partial charge on any atom is 0.248 e. The topological polar surface area (TPSA) is 59.1 Å². The third-order valence-corrected chi connectivity index (χ3v) is 1.72. The summed E-state index contributed by atoms with van der Waals surface area (Å²) in [5.41, 5.74) is 5.75. The fourth-order valence-corrected chi connectivity index (χ4v) is 0.897. The molecule has 0 aromatic carbocycles. The summed E-state index contributed by atoms with van der Waals surface area (Å²) in [6.07, 6.45) is 0.280. The number of halogens is 2. The fraction of sp³-hybridized carbons (Fsp3) is 0.375. The molecule has 2 atom stereocenters. The molecular weight excluding hydrogens is 178 g/mol. The van der Waals surface area contributed by atoms with Gasteiger partial charge in [-0.3, -0.25) is 0 Å². The Labute approximate surface area is 74.2 Å². The second-order valence-corrected chi connectivity index (χ2v) is 2.81. The molecule has 1 aromatic heterocycles. The van der Waals surface area contributed by atoms with Crippen molar-refractivity contribution in [1.29, 1.82) is 0 Å². The molecule has 1 aromatic rings. The highest BCUT2D eigenvalue weighted by Gasteiger charge is 2.14. The van der Waals surface area contributed by atoms with E-state index < -0.39 is 23.9 Å². The number of aliphatic hydroxyl groups excluding tert-OH is 1. The SMILES string of the molecule is C[C@H](O)[C@@H](N)c1cnc(F)c(F)c1. The van der Waals surface area contributed by atoms with Crippen LogP contribution < -0.4 is 5.73 Å². The van der Waals surface area contributed by atoms with Crippen LogP contribution in [0.15, 0.2) is 12.3 Å². The Kier molecular flexibility index (Phi) is 2.90. The van der Waals surface area contributed by atoms with E-state index in [-0.39, 0.29) is 5.56 Å². The largest absolute Gasteiger partial charge is 0.391 e. The molecule has 0 saturated carbocycles. The molecule has 72 valence electrons. The summed E-state index contributed by atoms with van der Waals surface area (Å²) < 4.78 is 25.0. The molecule has 0 saturated heterocycles. The predicted octanol–water partition coefficient (Wildman–Crippen LogP) is 0.740. The van der Waals surface area contributed by atoms with Gasteiger partial charge in [0.25, 0.3) is 0 Å². The van der Waals surface area contributed by atoms with Crippen LogP contribution >= 0.6 is 0 Å². The van der Waals surface area contributed by atoms with Crippen molar-refractivity contribution in [2.45, 2.75) is 19.1 Å². The minimum absolute atomic E-state index is 0.272. The van der Waals surface area contributed by atoms with Crippen molar-refractivity contribution >= 4 is 0 Å². The van der Waals surface area contributed by atoms with Gasteiger partial charge in [-0.2, -0.15) is 4.39 Å². The van der Waals surface area contributed by atoms with Crippen molar-refractivity contribution in [3.8, 4) is 0 Å². The Balaban J connectivity index is 2.97. The number of nitrogens with zero attached hydrogens (tertiary/aromatic N) is 1. The minimum atomic E-state index is -1.17. The standard InChI is InChI=1S/C8H10F2N2O/c1-4(13)7(11)5-2-6(9)8(10)12-3-5/h2-4,7,13H,11H2,1H3/t4-,7+/m0/s1. The van der Waals surface area contributed by atoms with Crippen molar-refractivity contribution in [2.75, 3.05) is 0 Å². The van der Waals surface area contributed by atoms with Crippen molar-refractivity contribution in [3.63, 3.8) is 0 Å². The van der Waals surface area contributed by atoms with Crippen LogP contribution in [-0.2, 0) is 0 Å². The second kappa shape index (κ2) is 3.76. The highest BCUT2D eigenvalue weighted by Crippen LogP contribution is 2.14. The van der Waals surface area contributed by atoms with Crippen molar-refractivity contribution < 1.29 is 13.9 Å². The van der Waals surface area contributed by atoms with E-state index in [9.17, 15) is 8.78 Å². The van der Waals surface area contributed by atoms with Gasteiger partial charge in [-0.25, -0.2) is 9.37 Å². The van der Waals surface area contributed by atoms with E-state index in [2.05, 4.69) is 4.98 Å². The van der Waals surface area contributed by atoms with Gasteiger partial charge >= 0.3 is 0 Å². The van der Waals surface area contributed by atoms with Crippen molar-refractivity contribution in [2.24, 2.45) is 5.73 Å². The zero-order chi connectivity index (χ0) is 10.0. The molecule has 0 unspecified atom stereocenters. The molecule has 0 spiro atoms. The summed E-state index contributed by atoms with van der Waals surface area (Å²) in [6.45, 7) is 1.46. The summed E-state index contributed by atoms with van der Waals surface area (Å²) in [6, 6.07) is 0.183. The number of hydrogen-bond donors (Lipinski definition) is 2. The molecule has 0 radical (unpaired) electrons. The van der Waals surface area contributed by atoms with Crippen LogP contribution in [0.2, 0.25) is 0 Å². The highest BCUT2D eigenvalue weighted by atomic mass is 19.2. The van der Waals surface area contributed by atoms with Gasteiger partial charge in [0.15, 0.2) is 5.82 Å². The Bertz CT molecular complexity index is 304. The Hall–Kier alpha value is -1.07. The van der Waals surface area contributed by atoms with E-state index in [1.165, 1.54) is 6.92 Å². The number of aromatic nitrogens is 1. The van der Waals surface area contributed by atoms with Crippen LogP contribution in [0.5, 0.6) is 0 Å². The normalized spacial score (nSPS) is 15.5. The Morgan fingerprint density at radius 2 is 2.15 bits per heavy atom. The fourth-order valence-electron chi connectivity index (χ4n) is 0.897. The van der Waals surface area contributed by atoms with Crippen LogP contribution in [0.1, 0.15) is 18.5 Å². The van der Waals surface area contributed by atoms with Gasteiger partial charge in [-0.05, 0) is 18.6 Å². The molecule has 5 heteroatoms. The first kappa shape index (κ1) is 10.0. The molecule has 3 nitrogen and oxygen atoms in total. The zero-order valence-electron chi connectivity index (χ0n) is 7.04. The minimum Gasteiger partial charge on any atom is -0.391 e. The summed E-state index contributed by atoms with van der Waals surface area (Å²) in [5, 5.41) is 9.07. The molecule has 1 heterocycles. The third-order valence-electron chi connectivity index (χ3n) is 1.72. The number of rotatable bonds is 2. The second-order valence-electron chi connectivity index (χ2n) is 2.81. The quantitative estimate of drug-likeness (QED) is 0.673. The van der Waals surface area contributed by atoms with Crippen LogP contribution in [0.25, 0.3) is 0 Å². The van der Waals surface area contributed by atoms with Gasteiger partial charge in [0.2, 0.25) is 5.95 Å². The van der Waals surface area contributed by atoms with E-state index in [0.717, 1.165) is 12.3 Å². The lowest BCUT2D eigenvalue weighted by Crippen LogP contribution is -2.23. The van der Waals surface area contributed by atoms with Gasteiger partial charge < -0.3 is 10.8 Å². The first-order chi connectivity index (χ1) is 6.02. The monoisotopic (exact) mass is 188 g/mol. The van der Waals surface area contributed by atoms with E-state index >= 15 is 0 Å². The molecule has 1 rings (SSSR count). The van der Waals surface area contributed by atoms with E-state index in [4.69, 9.17) is 10.8 Å². The number of nitrogens with two attached hydrogens (primary N) is 1. The molecule has 13 heavy (non-hydrogen) atoms. The predicted molar refractivity (Wildman–Crippen MR) is 42.8 cm³/mol. The van der Waals surface area contributed by atoms with Gasteiger partial charge in [0.1, 0.15) is 0 Å². The maximum absolute atomic E-state index is 12.6. The maximum atomic E-state index is 12.6. The molecular formula is C8H10F2N2O.